The van der Waals surface area contributed by atoms with E-state index in [4.69, 9.17) is 4.74 Å². The molecule has 42 heavy (non-hydrogen) atoms. The number of aromatic nitrogens is 5. The van der Waals surface area contributed by atoms with Crippen LogP contribution in [-0.2, 0) is 5.66 Å². The topological polar surface area (TPSA) is 39.2 Å². The van der Waals surface area contributed by atoms with Gasteiger partial charge in [-0.05, 0) is 48.5 Å². The predicted molar refractivity (Wildman–Crippen MR) is 161 cm³/mol. The second kappa shape index (κ2) is 6.26. The first-order chi connectivity index (χ1) is 20.9. The molecule has 192 valence electrons. The van der Waals surface area contributed by atoms with E-state index >= 15 is 0 Å². The lowest BCUT2D eigenvalue weighted by Crippen LogP contribution is -2.76. The molecule has 0 fully saturated rings. The summed E-state index contributed by atoms with van der Waals surface area (Å²) in [5.74, 6) is 2.88. The van der Waals surface area contributed by atoms with Gasteiger partial charge >= 0.3 is 11.5 Å². The van der Waals surface area contributed by atoms with Gasteiger partial charge < -0.3 is 9.14 Å². The Morgan fingerprint density at radius 3 is 2.40 bits per heavy atom. The fourth-order valence-corrected chi connectivity index (χ4v) is 8.65. The summed E-state index contributed by atoms with van der Waals surface area (Å²) in [7, 11) is 0. The molecule has 0 N–H and O–H groups in total. The van der Waals surface area contributed by atoms with Crippen molar-refractivity contribution in [3.8, 4) is 17.4 Å². The first-order valence-electron chi connectivity index (χ1n) is 14.3. The largest absolute Gasteiger partial charge is 0.404 e. The quantitative estimate of drug-likeness (QED) is 0.164. The first-order valence-corrected chi connectivity index (χ1v) is 14.3. The number of pyridine rings is 4. The zero-order chi connectivity index (χ0) is 26.9. The van der Waals surface area contributed by atoms with Crippen molar-refractivity contribution in [2.24, 2.45) is 0 Å². The Labute approximate surface area is 237 Å². The van der Waals surface area contributed by atoms with Crippen molar-refractivity contribution in [3.63, 3.8) is 0 Å². The molecule has 0 aliphatic carbocycles. The van der Waals surface area contributed by atoms with Crippen LogP contribution in [0.5, 0.6) is 11.6 Å². The smallest absolute Gasteiger partial charge is 0.378 e. The lowest BCUT2D eigenvalue weighted by molar-refractivity contribution is -0.958. The van der Waals surface area contributed by atoms with Crippen molar-refractivity contribution in [2.45, 2.75) is 5.66 Å². The molecular formula is C36H19N5O+2. The maximum atomic E-state index is 6.88. The maximum absolute atomic E-state index is 6.88. The summed E-state index contributed by atoms with van der Waals surface area (Å²) in [6.45, 7) is 0. The number of hydrogen-bond donors (Lipinski definition) is 0. The van der Waals surface area contributed by atoms with Crippen molar-refractivity contribution in [2.75, 3.05) is 0 Å². The Hall–Kier alpha value is -5.75. The summed E-state index contributed by atoms with van der Waals surface area (Å²) in [5, 5.41) is 6.11. The van der Waals surface area contributed by atoms with Crippen LogP contribution in [-0.4, -0.2) is 14.0 Å². The number of ether oxygens (including phenoxy) is 1. The molecular weight excluding hydrogens is 518 g/mol. The SMILES string of the molecule is c1cc[n+]2c(c1)-n1c3ccccc3c3ccc4c(c31)C21c2c3ccccc3n3c5cnccc5c5ccc([n+]1c5c23)O4. The van der Waals surface area contributed by atoms with Gasteiger partial charge in [0.25, 0.3) is 5.82 Å². The van der Waals surface area contributed by atoms with E-state index in [0.29, 0.717) is 0 Å². The van der Waals surface area contributed by atoms with Crippen LogP contribution in [0.25, 0.3) is 65.8 Å². The van der Waals surface area contributed by atoms with E-state index in [1.54, 1.807) is 0 Å². The molecule has 3 aliphatic heterocycles. The van der Waals surface area contributed by atoms with E-state index in [2.05, 4.69) is 126 Å². The lowest BCUT2D eigenvalue weighted by Gasteiger charge is -2.33. The number of hydrogen-bond acceptors (Lipinski definition) is 2. The minimum Gasteiger partial charge on any atom is -0.404 e. The number of fused-ring (bicyclic) bond motifs is 11. The Balaban J connectivity index is 1.48. The summed E-state index contributed by atoms with van der Waals surface area (Å²) >= 11 is 0. The molecule has 1 atom stereocenters. The van der Waals surface area contributed by atoms with Crippen molar-refractivity contribution in [3.05, 3.63) is 127 Å². The van der Waals surface area contributed by atoms with Gasteiger partial charge in [0.2, 0.25) is 5.52 Å². The molecule has 12 rings (SSSR count). The van der Waals surface area contributed by atoms with Crippen LogP contribution in [0.3, 0.4) is 0 Å². The van der Waals surface area contributed by atoms with Crippen LogP contribution >= 0.6 is 0 Å². The van der Waals surface area contributed by atoms with Crippen LogP contribution in [0.2, 0.25) is 0 Å². The molecule has 0 saturated heterocycles. The number of nitrogens with zero attached hydrogens (tertiary/aromatic N) is 5. The molecule has 9 heterocycles. The molecule has 1 spiro atoms. The molecule has 6 nitrogen and oxygen atoms in total. The zero-order valence-corrected chi connectivity index (χ0v) is 22.1. The summed E-state index contributed by atoms with van der Waals surface area (Å²) in [4.78, 5) is 4.60. The second-order valence-corrected chi connectivity index (χ2v) is 11.6. The average molecular weight is 538 g/mol. The average Bonchev–Trinajstić information content (AvgIpc) is 3.68. The molecule has 9 aromatic rings. The minimum absolute atomic E-state index is 0.690. The molecule has 0 bridgehead atoms. The first kappa shape index (κ1) is 20.2. The summed E-state index contributed by atoms with van der Waals surface area (Å²) in [6, 6.07) is 35.1. The van der Waals surface area contributed by atoms with Gasteiger partial charge in [0.05, 0.1) is 34.9 Å². The maximum Gasteiger partial charge on any atom is 0.378 e. The van der Waals surface area contributed by atoms with E-state index in [1.807, 2.05) is 12.4 Å². The van der Waals surface area contributed by atoms with Gasteiger partial charge in [-0.3, -0.25) is 4.98 Å². The van der Waals surface area contributed by atoms with Crippen LogP contribution in [0.15, 0.2) is 116 Å². The van der Waals surface area contributed by atoms with E-state index in [1.165, 1.54) is 65.6 Å². The molecule has 3 aromatic carbocycles. The highest BCUT2D eigenvalue weighted by molar-refractivity contribution is 6.17. The third-order valence-electron chi connectivity index (χ3n) is 9.97. The van der Waals surface area contributed by atoms with Crippen LogP contribution in [0.4, 0.5) is 0 Å². The van der Waals surface area contributed by atoms with Gasteiger partial charge in [-0.1, -0.05) is 36.4 Å². The Bertz CT molecular complexity index is 2790. The molecule has 0 amide bonds. The highest BCUT2D eigenvalue weighted by Gasteiger charge is 2.68. The Morgan fingerprint density at radius 2 is 1.45 bits per heavy atom. The van der Waals surface area contributed by atoms with Gasteiger partial charge in [-0.15, -0.1) is 4.57 Å². The second-order valence-electron chi connectivity index (χ2n) is 11.6. The predicted octanol–water partition coefficient (Wildman–Crippen LogP) is 6.50. The van der Waals surface area contributed by atoms with E-state index in [0.717, 1.165) is 23.0 Å². The van der Waals surface area contributed by atoms with Crippen LogP contribution < -0.4 is 13.9 Å². The van der Waals surface area contributed by atoms with E-state index < -0.39 is 5.66 Å². The van der Waals surface area contributed by atoms with E-state index in [9.17, 15) is 0 Å². The molecule has 3 aliphatic rings. The van der Waals surface area contributed by atoms with Crippen molar-refractivity contribution >= 4 is 60.0 Å². The summed E-state index contributed by atoms with van der Waals surface area (Å²) < 4.78 is 16.7. The standard InChI is InChI=1S/C36H19N5O/c1-3-9-25-20(7-1)22-12-14-28-32-33(22)40(25)29-11-5-6-18-38(29)36(32)31-24-8-2-4-10-26(24)39-27-19-37-17-16-21(27)23-13-15-30(42-28)41(36)34(23)35(31)39/h1-19H/q+2. The van der Waals surface area contributed by atoms with Crippen molar-refractivity contribution < 1.29 is 13.9 Å². The molecule has 6 heteroatoms. The molecule has 1 unspecified atom stereocenters. The fraction of sp³-hybridized carbons (Fsp3) is 0.0278. The van der Waals surface area contributed by atoms with Crippen molar-refractivity contribution in [1.82, 2.24) is 14.0 Å². The van der Waals surface area contributed by atoms with Gasteiger partial charge in [-0.2, -0.15) is 9.13 Å². The fourth-order valence-electron chi connectivity index (χ4n) is 8.65. The number of benzene rings is 3. The van der Waals surface area contributed by atoms with Gasteiger partial charge in [0.15, 0.2) is 16.8 Å². The zero-order valence-electron chi connectivity index (χ0n) is 22.1. The molecule has 0 saturated carbocycles. The van der Waals surface area contributed by atoms with Gasteiger partial charge in [-0.25, -0.2) is 0 Å². The minimum atomic E-state index is -0.690. The molecule has 6 aromatic heterocycles. The summed E-state index contributed by atoms with van der Waals surface area (Å²) in [6.07, 6.45) is 6.16. The van der Waals surface area contributed by atoms with Crippen LogP contribution in [0.1, 0.15) is 11.1 Å². The Kier molecular flexibility index (Phi) is 3.01. The van der Waals surface area contributed by atoms with Crippen molar-refractivity contribution in [1.29, 1.82) is 0 Å². The lowest BCUT2D eigenvalue weighted by atomic mass is 9.86. The number of para-hydroxylation sites is 2. The highest BCUT2D eigenvalue weighted by Crippen LogP contribution is 2.55. The van der Waals surface area contributed by atoms with Crippen LogP contribution in [0, 0.1) is 0 Å². The van der Waals surface area contributed by atoms with Gasteiger partial charge in [0.1, 0.15) is 16.6 Å². The monoisotopic (exact) mass is 537 g/mol. The third-order valence-corrected chi connectivity index (χ3v) is 9.97. The van der Waals surface area contributed by atoms with E-state index in [-0.39, 0.29) is 0 Å². The Morgan fingerprint density at radius 1 is 0.643 bits per heavy atom. The summed E-state index contributed by atoms with van der Waals surface area (Å²) in [5.41, 5.74) is 8.89. The number of rotatable bonds is 0. The van der Waals surface area contributed by atoms with Gasteiger partial charge in [0, 0.05) is 33.8 Å². The molecule has 0 radical (unpaired) electrons. The normalized spacial score (nSPS) is 17.3. The highest BCUT2D eigenvalue weighted by atomic mass is 16.5. The third kappa shape index (κ3) is 1.82.